The Bertz CT molecular complexity index is 473. The van der Waals surface area contributed by atoms with Gasteiger partial charge in [-0.2, -0.15) is 0 Å². The van der Waals surface area contributed by atoms with Crippen molar-refractivity contribution in [2.45, 2.75) is 12.8 Å². The van der Waals surface area contributed by atoms with Crippen molar-refractivity contribution < 1.29 is 0 Å². The molecule has 2 rings (SSSR count). The number of halogens is 2. The van der Waals surface area contributed by atoms with Crippen LogP contribution in [-0.4, -0.2) is 15.0 Å². The molecule has 0 N–H and O–H groups in total. The second kappa shape index (κ2) is 4.85. The molecule has 0 bridgehead atoms. The van der Waals surface area contributed by atoms with Gasteiger partial charge in [-0.25, -0.2) is 0 Å². The summed E-state index contributed by atoms with van der Waals surface area (Å²) in [5.41, 5.74) is 2.08. The van der Waals surface area contributed by atoms with Crippen molar-refractivity contribution in [2.24, 2.45) is 7.05 Å². The lowest BCUT2D eigenvalue weighted by molar-refractivity contribution is 0.713. The Morgan fingerprint density at radius 3 is 2.38 bits per heavy atom. The van der Waals surface area contributed by atoms with Crippen LogP contribution in [0, 0.1) is 0 Å². The van der Waals surface area contributed by atoms with Crippen LogP contribution >= 0.6 is 23.2 Å². The highest BCUT2D eigenvalue weighted by Gasteiger charge is 2.02. The van der Waals surface area contributed by atoms with E-state index in [1.165, 1.54) is 0 Å². The number of aryl methyl sites for hydroxylation is 3. The van der Waals surface area contributed by atoms with Crippen molar-refractivity contribution in [2.75, 3.05) is 0 Å². The molecule has 0 saturated carbocycles. The Balaban J connectivity index is 2.04. The summed E-state index contributed by atoms with van der Waals surface area (Å²) in [5, 5.41) is 9.24. The predicted molar refractivity (Wildman–Crippen MR) is 64.9 cm³/mol. The normalized spacial score (nSPS) is 10.7. The van der Waals surface area contributed by atoms with E-state index < -0.39 is 0 Å². The van der Waals surface area contributed by atoms with Gasteiger partial charge in [0.05, 0.1) is 5.69 Å². The van der Waals surface area contributed by atoms with E-state index in [4.69, 9.17) is 23.2 Å². The molecule has 0 aliphatic rings. The van der Waals surface area contributed by atoms with Crippen LogP contribution in [0.25, 0.3) is 0 Å². The molecule has 0 saturated heterocycles. The Morgan fingerprint density at radius 1 is 1.12 bits per heavy atom. The molecule has 16 heavy (non-hydrogen) atoms. The SMILES string of the molecule is Cn1cc(CCc2cc(Cl)cc(Cl)c2)nn1. The van der Waals surface area contributed by atoms with Crippen molar-refractivity contribution in [3.63, 3.8) is 0 Å². The topological polar surface area (TPSA) is 30.7 Å². The summed E-state index contributed by atoms with van der Waals surface area (Å²) in [6.07, 6.45) is 3.61. The first kappa shape index (κ1) is 11.4. The van der Waals surface area contributed by atoms with Gasteiger partial charge in [-0.05, 0) is 36.6 Å². The molecule has 1 aromatic carbocycles. The Hall–Kier alpha value is -1.06. The van der Waals surface area contributed by atoms with Gasteiger partial charge in [0.2, 0.25) is 0 Å². The molecule has 0 unspecified atom stereocenters. The number of rotatable bonds is 3. The molecule has 0 aliphatic heterocycles. The number of aromatic nitrogens is 3. The molecule has 0 spiro atoms. The van der Waals surface area contributed by atoms with Crippen LogP contribution in [0.2, 0.25) is 10.0 Å². The fraction of sp³-hybridized carbons (Fsp3) is 0.273. The second-order valence-corrected chi connectivity index (χ2v) is 4.53. The number of hydrogen-bond donors (Lipinski definition) is 0. The van der Waals surface area contributed by atoms with Crippen molar-refractivity contribution in [3.05, 3.63) is 45.7 Å². The van der Waals surface area contributed by atoms with Crippen molar-refractivity contribution in [1.29, 1.82) is 0 Å². The lowest BCUT2D eigenvalue weighted by Gasteiger charge is -2.01. The molecule has 1 aromatic heterocycles. The average Bonchev–Trinajstić information content (AvgIpc) is 2.60. The van der Waals surface area contributed by atoms with Crippen LogP contribution in [-0.2, 0) is 19.9 Å². The van der Waals surface area contributed by atoms with Gasteiger partial charge >= 0.3 is 0 Å². The molecule has 5 heteroatoms. The first-order chi connectivity index (χ1) is 7.63. The molecular formula is C11H11Cl2N3. The first-order valence-corrected chi connectivity index (χ1v) is 5.69. The summed E-state index contributed by atoms with van der Waals surface area (Å²) < 4.78 is 1.69. The minimum atomic E-state index is 0.668. The van der Waals surface area contributed by atoms with Gasteiger partial charge in [0, 0.05) is 23.3 Å². The molecule has 0 aliphatic carbocycles. The van der Waals surface area contributed by atoms with Crippen LogP contribution in [0.4, 0.5) is 0 Å². The molecule has 84 valence electrons. The number of hydrogen-bond acceptors (Lipinski definition) is 2. The van der Waals surface area contributed by atoms with Crippen LogP contribution < -0.4 is 0 Å². The third-order valence-electron chi connectivity index (χ3n) is 2.24. The summed E-state index contributed by atoms with van der Waals surface area (Å²) in [6.45, 7) is 0. The molecule has 2 aromatic rings. The fourth-order valence-corrected chi connectivity index (χ4v) is 2.11. The van der Waals surface area contributed by atoms with E-state index in [0.717, 1.165) is 24.1 Å². The third kappa shape index (κ3) is 2.97. The van der Waals surface area contributed by atoms with Gasteiger partial charge in [-0.1, -0.05) is 28.4 Å². The molecule has 0 amide bonds. The standard InChI is InChI=1S/C11H11Cl2N3/c1-16-7-11(14-15-16)3-2-8-4-9(12)6-10(13)5-8/h4-7H,2-3H2,1H3. The van der Waals surface area contributed by atoms with Gasteiger partial charge in [-0.3, -0.25) is 4.68 Å². The largest absolute Gasteiger partial charge is 0.255 e. The van der Waals surface area contributed by atoms with Gasteiger partial charge in [0.15, 0.2) is 0 Å². The maximum absolute atomic E-state index is 5.92. The molecule has 0 radical (unpaired) electrons. The Kier molecular flexibility index (Phi) is 3.46. The van der Waals surface area contributed by atoms with Gasteiger partial charge in [0.1, 0.15) is 0 Å². The maximum atomic E-state index is 5.92. The quantitative estimate of drug-likeness (QED) is 0.845. The van der Waals surface area contributed by atoms with Crippen molar-refractivity contribution in [1.82, 2.24) is 15.0 Å². The lowest BCUT2D eigenvalue weighted by Crippen LogP contribution is -1.92. The highest BCUT2D eigenvalue weighted by Crippen LogP contribution is 2.19. The van der Waals surface area contributed by atoms with E-state index in [0.29, 0.717) is 10.0 Å². The zero-order chi connectivity index (χ0) is 11.5. The van der Waals surface area contributed by atoms with Gasteiger partial charge in [0.25, 0.3) is 0 Å². The lowest BCUT2D eigenvalue weighted by atomic mass is 10.1. The molecule has 0 atom stereocenters. The van der Waals surface area contributed by atoms with E-state index in [1.54, 1.807) is 10.7 Å². The zero-order valence-electron chi connectivity index (χ0n) is 8.82. The summed E-state index contributed by atoms with van der Waals surface area (Å²) in [6, 6.07) is 5.57. The third-order valence-corrected chi connectivity index (χ3v) is 2.68. The molecule has 0 fully saturated rings. The minimum absolute atomic E-state index is 0.668. The predicted octanol–water partition coefficient (Wildman–Crippen LogP) is 2.91. The van der Waals surface area contributed by atoms with E-state index in [9.17, 15) is 0 Å². The highest BCUT2D eigenvalue weighted by atomic mass is 35.5. The fourth-order valence-electron chi connectivity index (χ4n) is 1.54. The Labute approximate surface area is 104 Å². The summed E-state index contributed by atoms with van der Waals surface area (Å²) in [5.74, 6) is 0. The average molecular weight is 256 g/mol. The molecular weight excluding hydrogens is 245 g/mol. The summed E-state index contributed by atoms with van der Waals surface area (Å²) >= 11 is 11.8. The monoisotopic (exact) mass is 255 g/mol. The molecule has 3 nitrogen and oxygen atoms in total. The van der Waals surface area contributed by atoms with E-state index >= 15 is 0 Å². The first-order valence-electron chi connectivity index (χ1n) is 4.93. The second-order valence-electron chi connectivity index (χ2n) is 3.66. The maximum Gasteiger partial charge on any atom is 0.0830 e. The van der Waals surface area contributed by atoms with Crippen LogP contribution in [0.1, 0.15) is 11.3 Å². The smallest absolute Gasteiger partial charge is 0.0830 e. The van der Waals surface area contributed by atoms with E-state index in [-0.39, 0.29) is 0 Å². The van der Waals surface area contributed by atoms with Gasteiger partial charge in [-0.15, -0.1) is 5.10 Å². The number of nitrogens with zero attached hydrogens (tertiary/aromatic N) is 3. The van der Waals surface area contributed by atoms with Crippen LogP contribution in [0.5, 0.6) is 0 Å². The minimum Gasteiger partial charge on any atom is -0.255 e. The van der Waals surface area contributed by atoms with Crippen molar-refractivity contribution in [3.8, 4) is 0 Å². The van der Waals surface area contributed by atoms with E-state index in [2.05, 4.69) is 10.3 Å². The van der Waals surface area contributed by atoms with Crippen molar-refractivity contribution >= 4 is 23.2 Å². The highest BCUT2D eigenvalue weighted by molar-refractivity contribution is 6.34. The summed E-state index contributed by atoms with van der Waals surface area (Å²) in [4.78, 5) is 0. The van der Waals surface area contributed by atoms with Crippen LogP contribution in [0.15, 0.2) is 24.4 Å². The van der Waals surface area contributed by atoms with Gasteiger partial charge < -0.3 is 0 Å². The Morgan fingerprint density at radius 2 is 1.81 bits per heavy atom. The zero-order valence-corrected chi connectivity index (χ0v) is 10.3. The number of benzene rings is 1. The summed E-state index contributed by atoms with van der Waals surface area (Å²) in [7, 11) is 1.85. The van der Waals surface area contributed by atoms with Crippen LogP contribution in [0.3, 0.4) is 0 Å². The molecule has 1 heterocycles. The van der Waals surface area contributed by atoms with E-state index in [1.807, 2.05) is 25.4 Å².